The smallest absolute Gasteiger partial charge is 0.343 e. The van der Waals surface area contributed by atoms with Gasteiger partial charge in [-0.25, -0.2) is 10.2 Å². The topological polar surface area (TPSA) is 115 Å². The Morgan fingerprint density at radius 2 is 1.48 bits per heavy atom. The van der Waals surface area contributed by atoms with E-state index < -0.39 is 17.8 Å². The number of carbonyl (C=O) groups excluding carboxylic acids is 3. The Labute approximate surface area is 229 Å². The van der Waals surface area contributed by atoms with Gasteiger partial charge in [-0.2, -0.15) is 5.10 Å². The summed E-state index contributed by atoms with van der Waals surface area (Å²) in [5.41, 5.74) is 4.40. The summed E-state index contributed by atoms with van der Waals surface area (Å²) in [7, 11) is 0. The number of esters is 1. The number of nitrogens with one attached hydrogen (secondary N) is 2. The average molecular weight is 534 g/mol. The van der Waals surface area contributed by atoms with Crippen molar-refractivity contribution in [2.75, 3.05) is 6.79 Å². The van der Waals surface area contributed by atoms with E-state index in [4.69, 9.17) is 14.2 Å². The SMILES string of the molecule is O=C(N/N=C/c1cccc(OC(=O)c2ccccc2)c1)/C(=C\c1ccc2c(c1)OCO2)NC(=O)c1ccccc1. The third-order valence-electron chi connectivity index (χ3n) is 5.69. The number of carbonyl (C=O) groups is 3. The van der Waals surface area contributed by atoms with E-state index in [-0.39, 0.29) is 12.5 Å². The zero-order chi connectivity index (χ0) is 27.7. The first-order valence-corrected chi connectivity index (χ1v) is 12.2. The van der Waals surface area contributed by atoms with Crippen LogP contribution < -0.4 is 25.0 Å². The van der Waals surface area contributed by atoms with Crippen molar-refractivity contribution in [1.29, 1.82) is 0 Å². The van der Waals surface area contributed by atoms with Gasteiger partial charge < -0.3 is 19.5 Å². The van der Waals surface area contributed by atoms with E-state index in [0.717, 1.165) is 0 Å². The van der Waals surface area contributed by atoms with Gasteiger partial charge in [0.2, 0.25) is 6.79 Å². The van der Waals surface area contributed by atoms with Crippen molar-refractivity contribution in [3.05, 3.63) is 131 Å². The molecule has 198 valence electrons. The fourth-order valence-electron chi connectivity index (χ4n) is 3.74. The van der Waals surface area contributed by atoms with E-state index in [1.54, 1.807) is 97.1 Å². The number of rotatable bonds is 8. The molecule has 0 unspecified atom stereocenters. The molecule has 0 aromatic heterocycles. The first-order chi connectivity index (χ1) is 19.5. The number of ether oxygens (including phenoxy) is 3. The van der Waals surface area contributed by atoms with E-state index >= 15 is 0 Å². The number of benzene rings is 4. The van der Waals surface area contributed by atoms with E-state index in [1.165, 1.54) is 12.3 Å². The van der Waals surface area contributed by atoms with Crippen molar-refractivity contribution in [3.63, 3.8) is 0 Å². The van der Waals surface area contributed by atoms with Gasteiger partial charge in [-0.15, -0.1) is 0 Å². The van der Waals surface area contributed by atoms with Gasteiger partial charge in [0.1, 0.15) is 11.4 Å². The quantitative estimate of drug-likeness (QED) is 0.113. The summed E-state index contributed by atoms with van der Waals surface area (Å²) in [6.07, 6.45) is 2.91. The highest BCUT2D eigenvalue weighted by molar-refractivity contribution is 6.05. The molecule has 2 amide bonds. The lowest BCUT2D eigenvalue weighted by molar-refractivity contribution is -0.117. The van der Waals surface area contributed by atoms with Gasteiger partial charge in [0.25, 0.3) is 11.8 Å². The molecule has 9 heteroatoms. The number of hydrogen-bond donors (Lipinski definition) is 2. The highest BCUT2D eigenvalue weighted by Crippen LogP contribution is 2.33. The monoisotopic (exact) mass is 533 g/mol. The zero-order valence-corrected chi connectivity index (χ0v) is 21.1. The van der Waals surface area contributed by atoms with Crippen LogP contribution in [0.5, 0.6) is 17.2 Å². The maximum atomic E-state index is 13.1. The summed E-state index contributed by atoms with van der Waals surface area (Å²) < 4.78 is 16.2. The van der Waals surface area contributed by atoms with Crippen molar-refractivity contribution in [1.82, 2.24) is 10.7 Å². The number of hydrazone groups is 1. The summed E-state index contributed by atoms with van der Waals surface area (Å²) in [5.74, 6) is -0.144. The van der Waals surface area contributed by atoms with Crippen molar-refractivity contribution >= 4 is 30.1 Å². The van der Waals surface area contributed by atoms with E-state index in [0.29, 0.717) is 39.5 Å². The van der Waals surface area contributed by atoms with Gasteiger partial charge in [-0.05, 0) is 65.7 Å². The van der Waals surface area contributed by atoms with Gasteiger partial charge >= 0.3 is 5.97 Å². The molecule has 0 fully saturated rings. The van der Waals surface area contributed by atoms with Crippen LogP contribution in [0.4, 0.5) is 0 Å². The lowest BCUT2D eigenvalue weighted by Crippen LogP contribution is -2.32. The number of amides is 2. The Morgan fingerprint density at radius 1 is 0.750 bits per heavy atom. The van der Waals surface area contributed by atoms with Gasteiger partial charge in [0.15, 0.2) is 11.5 Å². The molecule has 0 spiro atoms. The molecule has 1 heterocycles. The standard InChI is InChI=1S/C31H23N3O6/c35-29(23-9-3-1-4-10-23)33-26(17-21-14-15-27-28(18-21)39-20-38-27)30(36)34-32-19-22-8-7-13-25(16-22)40-31(37)24-11-5-2-6-12-24/h1-19H,20H2,(H,33,35)(H,34,36)/b26-17+,32-19+. The predicted molar refractivity (Wildman–Crippen MR) is 148 cm³/mol. The van der Waals surface area contributed by atoms with Crippen molar-refractivity contribution in [3.8, 4) is 17.2 Å². The number of nitrogens with zero attached hydrogens (tertiary/aromatic N) is 1. The zero-order valence-electron chi connectivity index (χ0n) is 21.1. The summed E-state index contributed by atoms with van der Waals surface area (Å²) in [6, 6.07) is 29.0. The van der Waals surface area contributed by atoms with E-state index in [1.807, 2.05) is 6.07 Å². The Balaban J connectivity index is 1.30. The second kappa shape index (κ2) is 12.2. The molecule has 4 aromatic carbocycles. The molecular weight excluding hydrogens is 510 g/mol. The van der Waals surface area contributed by atoms with Crippen LogP contribution in [0.3, 0.4) is 0 Å². The Kier molecular flexibility index (Phi) is 7.93. The Morgan fingerprint density at radius 3 is 2.25 bits per heavy atom. The van der Waals surface area contributed by atoms with Gasteiger partial charge in [0.05, 0.1) is 11.8 Å². The first kappa shape index (κ1) is 25.9. The normalized spacial score (nSPS) is 12.2. The number of fused-ring (bicyclic) bond motifs is 1. The fourth-order valence-corrected chi connectivity index (χ4v) is 3.74. The molecule has 4 aromatic rings. The van der Waals surface area contributed by atoms with Crippen molar-refractivity contribution in [2.45, 2.75) is 0 Å². The molecule has 0 atom stereocenters. The van der Waals surface area contributed by atoms with Crippen LogP contribution in [-0.2, 0) is 4.79 Å². The molecule has 1 aliphatic rings. The van der Waals surface area contributed by atoms with Crippen LogP contribution in [0, 0.1) is 0 Å². The summed E-state index contributed by atoms with van der Waals surface area (Å²) in [5, 5.41) is 6.67. The molecule has 0 aliphatic carbocycles. The Hall–Kier alpha value is -5.70. The molecule has 9 nitrogen and oxygen atoms in total. The Bertz CT molecular complexity index is 1600. The average Bonchev–Trinajstić information content (AvgIpc) is 3.46. The van der Waals surface area contributed by atoms with Crippen LogP contribution in [0.2, 0.25) is 0 Å². The maximum absolute atomic E-state index is 13.1. The second-order valence-electron chi connectivity index (χ2n) is 8.52. The van der Waals surface area contributed by atoms with E-state index in [9.17, 15) is 14.4 Å². The van der Waals surface area contributed by atoms with Gasteiger partial charge in [0, 0.05) is 5.56 Å². The summed E-state index contributed by atoms with van der Waals surface area (Å²) in [6.45, 7) is 0.113. The third kappa shape index (κ3) is 6.59. The molecule has 1 aliphatic heterocycles. The van der Waals surface area contributed by atoms with Crippen LogP contribution in [-0.4, -0.2) is 30.8 Å². The van der Waals surface area contributed by atoms with Crippen molar-refractivity contribution in [2.24, 2.45) is 5.10 Å². The third-order valence-corrected chi connectivity index (χ3v) is 5.69. The van der Waals surface area contributed by atoms with Gasteiger partial charge in [-0.3, -0.25) is 9.59 Å². The summed E-state index contributed by atoms with van der Waals surface area (Å²) in [4.78, 5) is 38.2. The molecule has 0 bridgehead atoms. The van der Waals surface area contributed by atoms with Crippen LogP contribution in [0.25, 0.3) is 6.08 Å². The van der Waals surface area contributed by atoms with Crippen LogP contribution in [0.15, 0.2) is 114 Å². The fraction of sp³-hybridized carbons (Fsp3) is 0.0323. The van der Waals surface area contributed by atoms with E-state index in [2.05, 4.69) is 15.8 Å². The van der Waals surface area contributed by atoms with Crippen LogP contribution in [0.1, 0.15) is 31.8 Å². The maximum Gasteiger partial charge on any atom is 0.343 e. The van der Waals surface area contributed by atoms with Crippen molar-refractivity contribution < 1.29 is 28.6 Å². The highest BCUT2D eigenvalue weighted by atomic mass is 16.7. The minimum absolute atomic E-state index is 0.0320. The lowest BCUT2D eigenvalue weighted by atomic mass is 10.1. The molecule has 5 rings (SSSR count). The first-order valence-electron chi connectivity index (χ1n) is 12.2. The molecule has 0 saturated carbocycles. The second-order valence-corrected chi connectivity index (χ2v) is 8.52. The molecule has 40 heavy (non-hydrogen) atoms. The predicted octanol–water partition coefficient (Wildman–Crippen LogP) is 4.56. The van der Waals surface area contributed by atoms with Crippen LogP contribution >= 0.6 is 0 Å². The molecule has 2 N–H and O–H groups in total. The number of hydrogen-bond acceptors (Lipinski definition) is 7. The molecular formula is C31H23N3O6. The summed E-state index contributed by atoms with van der Waals surface area (Å²) >= 11 is 0. The highest BCUT2D eigenvalue weighted by Gasteiger charge is 2.17. The van der Waals surface area contributed by atoms with Gasteiger partial charge in [-0.1, -0.05) is 54.6 Å². The minimum Gasteiger partial charge on any atom is -0.454 e. The molecule has 0 radical (unpaired) electrons. The largest absolute Gasteiger partial charge is 0.454 e. The molecule has 0 saturated heterocycles. The minimum atomic E-state index is -0.648. The lowest BCUT2D eigenvalue weighted by Gasteiger charge is -2.09.